The lowest BCUT2D eigenvalue weighted by atomic mass is 10.1. The summed E-state index contributed by atoms with van der Waals surface area (Å²) in [6.07, 6.45) is 0.656. The maximum atomic E-state index is 12.3. The number of anilines is 1. The molecule has 0 aliphatic carbocycles. The monoisotopic (exact) mass is 337 g/mol. The van der Waals surface area contributed by atoms with Gasteiger partial charge >= 0.3 is 0 Å². The van der Waals surface area contributed by atoms with Gasteiger partial charge in [-0.05, 0) is 35.9 Å². The van der Waals surface area contributed by atoms with E-state index in [4.69, 9.17) is 9.47 Å². The van der Waals surface area contributed by atoms with Crippen LogP contribution in [0.3, 0.4) is 0 Å². The molecule has 6 nitrogen and oxygen atoms in total. The Hall–Kier alpha value is -3.28. The molecule has 6 heteroatoms. The number of rotatable bonds is 6. The number of carbonyl (C=O) groups excluding carboxylic acids is 1. The summed E-state index contributed by atoms with van der Waals surface area (Å²) >= 11 is 0. The molecule has 3 rings (SSSR count). The van der Waals surface area contributed by atoms with Crippen LogP contribution in [0, 0.1) is 0 Å². The standard InChI is InChI=1S/C19H19N3O3/c1-24-16-8-6-13(7-9-16)10-15-12-18(22-21-15)19(23)20-14-4-3-5-17(11-14)25-2/h3-9,11-12H,10H2,1-2H3,(H,20,23)(H,21,22). The molecule has 128 valence electrons. The molecule has 2 N–H and O–H groups in total. The molecule has 0 saturated heterocycles. The van der Waals surface area contributed by atoms with Crippen molar-refractivity contribution >= 4 is 11.6 Å². The molecule has 0 aliphatic heterocycles. The van der Waals surface area contributed by atoms with E-state index in [-0.39, 0.29) is 5.91 Å². The van der Waals surface area contributed by atoms with Crippen LogP contribution in [0.4, 0.5) is 5.69 Å². The van der Waals surface area contributed by atoms with Crippen LogP contribution in [0.15, 0.2) is 54.6 Å². The maximum absolute atomic E-state index is 12.3. The van der Waals surface area contributed by atoms with Crippen LogP contribution in [-0.2, 0) is 6.42 Å². The minimum atomic E-state index is -0.273. The summed E-state index contributed by atoms with van der Waals surface area (Å²) in [6, 6.07) is 16.7. The number of nitrogens with one attached hydrogen (secondary N) is 2. The second-order valence-electron chi connectivity index (χ2n) is 5.49. The number of amides is 1. The molecule has 0 spiro atoms. The van der Waals surface area contributed by atoms with E-state index in [0.29, 0.717) is 23.6 Å². The Kier molecular flexibility index (Phi) is 4.99. The van der Waals surface area contributed by atoms with E-state index >= 15 is 0 Å². The van der Waals surface area contributed by atoms with Crippen molar-refractivity contribution < 1.29 is 14.3 Å². The molecule has 0 saturated carbocycles. The van der Waals surface area contributed by atoms with Gasteiger partial charge in [0.1, 0.15) is 11.5 Å². The van der Waals surface area contributed by atoms with Crippen molar-refractivity contribution in [2.75, 3.05) is 19.5 Å². The summed E-state index contributed by atoms with van der Waals surface area (Å²) < 4.78 is 10.3. The van der Waals surface area contributed by atoms with Crippen LogP contribution in [0.25, 0.3) is 0 Å². The van der Waals surface area contributed by atoms with Crippen molar-refractivity contribution in [1.82, 2.24) is 10.2 Å². The van der Waals surface area contributed by atoms with E-state index < -0.39 is 0 Å². The fraction of sp³-hybridized carbons (Fsp3) is 0.158. The van der Waals surface area contributed by atoms with Crippen LogP contribution < -0.4 is 14.8 Å². The largest absolute Gasteiger partial charge is 0.497 e. The summed E-state index contributed by atoms with van der Waals surface area (Å²) in [5, 5.41) is 9.80. The molecule has 0 fully saturated rings. The molecule has 0 unspecified atom stereocenters. The number of aromatic nitrogens is 2. The molecule has 1 amide bonds. The van der Waals surface area contributed by atoms with E-state index in [1.807, 2.05) is 36.4 Å². The molecule has 0 aliphatic rings. The second-order valence-corrected chi connectivity index (χ2v) is 5.49. The Bertz CT molecular complexity index is 856. The van der Waals surface area contributed by atoms with Crippen LogP contribution in [0.1, 0.15) is 21.7 Å². The van der Waals surface area contributed by atoms with Crippen molar-refractivity contribution in [2.24, 2.45) is 0 Å². The van der Waals surface area contributed by atoms with Crippen molar-refractivity contribution in [2.45, 2.75) is 6.42 Å². The highest BCUT2D eigenvalue weighted by molar-refractivity contribution is 6.03. The molecule has 0 radical (unpaired) electrons. The lowest BCUT2D eigenvalue weighted by molar-refractivity contribution is 0.102. The first-order chi connectivity index (χ1) is 12.2. The Morgan fingerprint density at radius 1 is 1.04 bits per heavy atom. The zero-order valence-electron chi connectivity index (χ0n) is 14.1. The third-order valence-corrected chi connectivity index (χ3v) is 3.74. The van der Waals surface area contributed by atoms with Gasteiger partial charge in [0.05, 0.1) is 14.2 Å². The number of ether oxygens (including phenoxy) is 2. The van der Waals surface area contributed by atoms with Gasteiger partial charge in [0.2, 0.25) is 0 Å². The number of nitrogens with zero attached hydrogens (tertiary/aromatic N) is 1. The predicted octanol–water partition coefficient (Wildman–Crippen LogP) is 3.27. The van der Waals surface area contributed by atoms with Crippen molar-refractivity contribution in [3.8, 4) is 11.5 Å². The highest BCUT2D eigenvalue weighted by Crippen LogP contribution is 2.18. The number of hydrogen-bond acceptors (Lipinski definition) is 4. The van der Waals surface area contributed by atoms with Gasteiger partial charge in [0.15, 0.2) is 5.69 Å². The number of hydrogen-bond donors (Lipinski definition) is 2. The number of methoxy groups -OCH3 is 2. The Morgan fingerprint density at radius 3 is 2.52 bits per heavy atom. The molecule has 2 aromatic carbocycles. The normalized spacial score (nSPS) is 10.3. The summed E-state index contributed by atoms with van der Waals surface area (Å²) in [5.41, 5.74) is 2.96. The van der Waals surface area contributed by atoms with Crippen LogP contribution >= 0.6 is 0 Å². The number of carbonyl (C=O) groups is 1. The Morgan fingerprint density at radius 2 is 1.80 bits per heavy atom. The van der Waals surface area contributed by atoms with E-state index in [2.05, 4.69) is 15.5 Å². The molecule has 0 atom stereocenters. The van der Waals surface area contributed by atoms with Gasteiger partial charge in [-0.15, -0.1) is 0 Å². The summed E-state index contributed by atoms with van der Waals surface area (Å²) in [6.45, 7) is 0. The van der Waals surface area contributed by atoms with Crippen LogP contribution in [0.2, 0.25) is 0 Å². The van der Waals surface area contributed by atoms with Gasteiger partial charge in [-0.25, -0.2) is 0 Å². The molecule has 0 bridgehead atoms. The SMILES string of the molecule is COc1ccc(Cc2cc(C(=O)Nc3cccc(OC)c3)n[nH]2)cc1. The number of aromatic amines is 1. The smallest absolute Gasteiger partial charge is 0.276 e. The minimum Gasteiger partial charge on any atom is -0.497 e. The first-order valence-electron chi connectivity index (χ1n) is 7.80. The van der Waals surface area contributed by atoms with Gasteiger partial charge in [0, 0.05) is 23.9 Å². The minimum absolute atomic E-state index is 0.273. The van der Waals surface area contributed by atoms with Gasteiger partial charge in [-0.1, -0.05) is 18.2 Å². The zero-order chi connectivity index (χ0) is 17.6. The molecule has 1 heterocycles. The quantitative estimate of drug-likeness (QED) is 0.724. The third-order valence-electron chi connectivity index (χ3n) is 3.74. The first kappa shape index (κ1) is 16.6. The molecule has 3 aromatic rings. The van der Waals surface area contributed by atoms with Gasteiger partial charge < -0.3 is 14.8 Å². The average Bonchev–Trinajstić information content (AvgIpc) is 3.11. The van der Waals surface area contributed by atoms with Crippen molar-refractivity contribution in [1.29, 1.82) is 0 Å². The van der Waals surface area contributed by atoms with Crippen LogP contribution in [-0.4, -0.2) is 30.3 Å². The molecular weight excluding hydrogens is 318 g/mol. The fourth-order valence-electron chi connectivity index (χ4n) is 2.43. The lowest BCUT2D eigenvalue weighted by Gasteiger charge is -2.05. The summed E-state index contributed by atoms with van der Waals surface area (Å²) in [4.78, 5) is 12.3. The Balaban J connectivity index is 1.66. The summed E-state index contributed by atoms with van der Waals surface area (Å²) in [5.74, 6) is 1.22. The highest BCUT2D eigenvalue weighted by atomic mass is 16.5. The van der Waals surface area contributed by atoms with Gasteiger partial charge in [-0.2, -0.15) is 5.10 Å². The van der Waals surface area contributed by atoms with E-state index in [9.17, 15) is 4.79 Å². The van der Waals surface area contributed by atoms with E-state index in [1.54, 1.807) is 32.4 Å². The maximum Gasteiger partial charge on any atom is 0.276 e. The lowest BCUT2D eigenvalue weighted by Crippen LogP contribution is -2.12. The number of benzene rings is 2. The zero-order valence-corrected chi connectivity index (χ0v) is 14.1. The fourth-order valence-corrected chi connectivity index (χ4v) is 2.43. The molecular formula is C19H19N3O3. The number of H-pyrrole nitrogens is 1. The Labute approximate surface area is 145 Å². The highest BCUT2D eigenvalue weighted by Gasteiger charge is 2.11. The first-order valence-corrected chi connectivity index (χ1v) is 7.80. The predicted molar refractivity (Wildman–Crippen MR) is 95.3 cm³/mol. The topological polar surface area (TPSA) is 76.2 Å². The van der Waals surface area contributed by atoms with E-state index in [0.717, 1.165) is 17.0 Å². The van der Waals surface area contributed by atoms with Gasteiger partial charge in [0.25, 0.3) is 5.91 Å². The van der Waals surface area contributed by atoms with Crippen molar-refractivity contribution in [3.05, 3.63) is 71.5 Å². The van der Waals surface area contributed by atoms with Crippen molar-refractivity contribution in [3.63, 3.8) is 0 Å². The third kappa shape index (κ3) is 4.17. The summed E-state index contributed by atoms with van der Waals surface area (Å²) in [7, 11) is 3.22. The van der Waals surface area contributed by atoms with Crippen LogP contribution in [0.5, 0.6) is 11.5 Å². The molecule has 1 aromatic heterocycles. The average molecular weight is 337 g/mol. The second kappa shape index (κ2) is 7.53. The van der Waals surface area contributed by atoms with E-state index in [1.165, 1.54) is 0 Å². The van der Waals surface area contributed by atoms with Gasteiger partial charge in [-0.3, -0.25) is 9.89 Å². The molecule has 25 heavy (non-hydrogen) atoms.